The highest BCUT2D eigenvalue weighted by atomic mass is 19.1. The summed E-state index contributed by atoms with van der Waals surface area (Å²) in [5.74, 6) is -0.430. The van der Waals surface area contributed by atoms with Gasteiger partial charge < -0.3 is 15.0 Å². The van der Waals surface area contributed by atoms with Crippen LogP contribution < -0.4 is 15.0 Å². The van der Waals surface area contributed by atoms with Crippen LogP contribution >= 0.6 is 0 Å². The van der Waals surface area contributed by atoms with Crippen LogP contribution in [0.15, 0.2) is 36.5 Å². The number of carbonyl (C=O) groups is 1. The van der Waals surface area contributed by atoms with Crippen LogP contribution in [0.2, 0.25) is 0 Å². The van der Waals surface area contributed by atoms with Gasteiger partial charge in [-0.3, -0.25) is 4.79 Å². The molecule has 1 aliphatic heterocycles. The Balaban J connectivity index is 1.67. The zero-order valence-electron chi connectivity index (χ0n) is 13.6. The molecule has 1 fully saturated rings. The first kappa shape index (κ1) is 16.2. The fourth-order valence-electron chi connectivity index (χ4n) is 2.80. The van der Waals surface area contributed by atoms with Crippen LogP contribution in [0.5, 0.6) is 5.75 Å². The Morgan fingerprint density at radius 2 is 2.00 bits per heavy atom. The average Bonchev–Trinajstić information content (AvgIpc) is 2.63. The molecule has 0 radical (unpaired) electrons. The van der Waals surface area contributed by atoms with Gasteiger partial charge >= 0.3 is 0 Å². The minimum absolute atomic E-state index is 0.107. The number of amides is 1. The number of nitrogens with one attached hydrogen (secondary N) is 1. The van der Waals surface area contributed by atoms with Crippen molar-refractivity contribution in [3.8, 4) is 5.75 Å². The van der Waals surface area contributed by atoms with Crippen molar-refractivity contribution in [3.63, 3.8) is 0 Å². The molecule has 1 saturated heterocycles. The zero-order chi connectivity index (χ0) is 16.9. The number of rotatable bonds is 4. The number of aromatic nitrogens is 1. The van der Waals surface area contributed by atoms with E-state index in [1.54, 1.807) is 12.3 Å². The maximum absolute atomic E-state index is 13.7. The highest BCUT2D eigenvalue weighted by Gasteiger charge is 2.13. The molecule has 24 heavy (non-hydrogen) atoms. The van der Waals surface area contributed by atoms with Crippen molar-refractivity contribution in [2.45, 2.75) is 19.3 Å². The first-order valence-corrected chi connectivity index (χ1v) is 8.03. The second kappa shape index (κ2) is 7.29. The first-order valence-electron chi connectivity index (χ1n) is 8.03. The van der Waals surface area contributed by atoms with Gasteiger partial charge in [0.25, 0.3) is 5.91 Å². The summed E-state index contributed by atoms with van der Waals surface area (Å²) in [6.45, 7) is 2.08. The second-order valence-corrected chi connectivity index (χ2v) is 5.75. The van der Waals surface area contributed by atoms with E-state index < -0.39 is 11.7 Å². The second-order valence-electron chi connectivity index (χ2n) is 5.75. The molecule has 0 saturated carbocycles. The molecule has 0 unspecified atom stereocenters. The summed E-state index contributed by atoms with van der Waals surface area (Å²) < 4.78 is 18.5. The normalized spacial score (nSPS) is 14.3. The van der Waals surface area contributed by atoms with Gasteiger partial charge in [0.2, 0.25) is 0 Å². The fourth-order valence-corrected chi connectivity index (χ4v) is 2.80. The number of anilines is 2. The van der Waals surface area contributed by atoms with Gasteiger partial charge in [-0.25, -0.2) is 9.37 Å². The summed E-state index contributed by atoms with van der Waals surface area (Å²) in [6, 6.07) is 7.80. The third kappa shape index (κ3) is 3.64. The monoisotopic (exact) mass is 329 g/mol. The topological polar surface area (TPSA) is 54.5 Å². The Labute approximate surface area is 140 Å². The van der Waals surface area contributed by atoms with Crippen LogP contribution in [0.4, 0.5) is 15.9 Å². The standard InChI is InChI=1S/C18H20FN3O2/c1-24-16-7-5-13(11-15(16)19)18(23)21-17-8-6-14(12-20-17)22-9-3-2-4-10-22/h5-8,11-12H,2-4,9-10H2,1H3,(H,20,21,23). The van der Waals surface area contributed by atoms with Gasteiger partial charge in [-0.15, -0.1) is 0 Å². The van der Waals surface area contributed by atoms with Crippen molar-refractivity contribution in [2.24, 2.45) is 0 Å². The molecular weight excluding hydrogens is 309 g/mol. The van der Waals surface area contributed by atoms with Gasteiger partial charge in [0.05, 0.1) is 19.0 Å². The van der Waals surface area contributed by atoms with Gasteiger partial charge in [-0.1, -0.05) is 0 Å². The lowest BCUT2D eigenvalue weighted by Gasteiger charge is -2.28. The number of pyridine rings is 1. The SMILES string of the molecule is COc1ccc(C(=O)Nc2ccc(N3CCCCC3)cn2)cc1F. The van der Waals surface area contributed by atoms with Crippen molar-refractivity contribution in [1.82, 2.24) is 4.98 Å². The van der Waals surface area contributed by atoms with Gasteiger partial charge in [-0.2, -0.15) is 0 Å². The Bertz CT molecular complexity index is 713. The minimum atomic E-state index is -0.571. The van der Waals surface area contributed by atoms with Crippen molar-refractivity contribution < 1.29 is 13.9 Å². The first-order chi connectivity index (χ1) is 11.7. The van der Waals surface area contributed by atoms with Crippen LogP contribution in [-0.4, -0.2) is 31.1 Å². The van der Waals surface area contributed by atoms with Crippen molar-refractivity contribution in [2.75, 3.05) is 30.4 Å². The van der Waals surface area contributed by atoms with E-state index in [4.69, 9.17) is 4.74 Å². The van der Waals surface area contributed by atoms with E-state index in [0.29, 0.717) is 5.82 Å². The summed E-state index contributed by atoms with van der Waals surface area (Å²) in [5, 5.41) is 2.68. The third-order valence-electron chi connectivity index (χ3n) is 4.12. The van der Waals surface area contributed by atoms with E-state index in [-0.39, 0.29) is 11.3 Å². The van der Waals surface area contributed by atoms with E-state index in [9.17, 15) is 9.18 Å². The summed E-state index contributed by atoms with van der Waals surface area (Å²) in [4.78, 5) is 18.8. The predicted octanol–water partition coefficient (Wildman–Crippen LogP) is 3.47. The highest BCUT2D eigenvalue weighted by molar-refractivity contribution is 6.03. The molecular formula is C18H20FN3O2. The molecule has 3 rings (SSSR count). The Hall–Kier alpha value is -2.63. The number of halogens is 1. The number of methoxy groups -OCH3 is 1. The molecule has 0 bridgehead atoms. The number of nitrogens with zero attached hydrogens (tertiary/aromatic N) is 2. The number of carbonyl (C=O) groups excluding carboxylic acids is 1. The van der Waals surface area contributed by atoms with E-state index in [2.05, 4.69) is 15.2 Å². The summed E-state index contributed by atoms with van der Waals surface area (Å²) in [6.07, 6.45) is 5.43. The number of hydrogen-bond donors (Lipinski definition) is 1. The molecule has 1 aromatic carbocycles. The molecule has 1 aliphatic rings. The highest BCUT2D eigenvalue weighted by Crippen LogP contribution is 2.21. The van der Waals surface area contributed by atoms with Gasteiger partial charge in [0.1, 0.15) is 5.82 Å². The van der Waals surface area contributed by atoms with Crippen LogP contribution in [0.25, 0.3) is 0 Å². The Kier molecular flexibility index (Phi) is 4.93. The molecule has 2 heterocycles. The smallest absolute Gasteiger partial charge is 0.256 e. The Morgan fingerprint density at radius 1 is 1.21 bits per heavy atom. The largest absolute Gasteiger partial charge is 0.494 e. The van der Waals surface area contributed by atoms with Crippen molar-refractivity contribution >= 4 is 17.4 Å². The molecule has 0 atom stereocenters. The third-order valence-corrected chi connectivity index (χ3v) is 4.12. The molecule has 1 aromatic heterocycles. The van der Waals surface area contributed by atoms with Crippen LogP contribution in [0.3, 0.4) is 0 Å². The maximum Gasteiger partial charge on any atom is 0.256 e. The summed E-state index contributed by atoms with van der Waals surface area (Å²) in [7, 11) is 1.38. The average molecular weight is 329 g/mol. The van der Waals surface area contributed by atoms with Crippen LogP contribution in [0.1, 0.15) is 29.6 Å². The fraction of sp³-hybridized carbons (Fsp3) is 0.333. The molecule has 126 valence electrons. The molecule has 1 N–H and O–H groups in total. The van der Waals surface area contributed by atoms with Gasteiger partial charge in [0.15, 0.2) is 11.6 Å². The molecule has 0 spiro atoms. The molecule has 6 heteroatoms. The van der Waals surface area contributed by atoms with Crippen molar-refractivity contribution in [3.05, 3.63) is 47.9 Å². The number of ether oxygens (including phenoxy) is 1. The molecule has 2 aromatic rings. The van der Waals surface area contributed by atoms with Crippen LogP contribution in [0, 0.1) is 5.82 Å². The maximum atomic E-state index is 13.7. The quantitative estimate of drug-likeness (QED) is 0.933. The van der Waals surface area contributed by atoms with E-state index in [1.165, 1.54) is 38.5 Å². The molecule has 1 amide bonds. The van der Waals surface area contributed by atoms with E-state index in [0.717, 1.165) is 24.8 Å². The van der Waals surface area contributed by atoms with Crippen molar-refractivity contribution in [1.29, 1.82) is 0 Å². The van der Waals surface area contributed by atoms with E-state index in [1.807, 2.05) is 6.07 Å². The number of benzene rings is 1. The zero-order valence-corrected chi connectivity index (χ0v) is 13.6. The summed E-state index contributed by atoms with van der Waals surface area (Å²) >= 11 is 0. The molecule has 0 aliphatic carbocycles. The lowest BCUT2D eigenvalue weighted by molar-refractivity contribution is 0.102. The lowest BCUT2D eigenvalue weighted by Crippen LogP contribution is -2.29. The Morgan fingerprint density at radius 3 is 2.62 bits per heavy atom. The number of piperidine rings is 1. The van der Waals surface area contributed by atoms with Gasteiger partial charge in [-0.05, 0) is 49.6 Å². The molecule has 5 nitrogen and oxygen atoms in total. The minimum Gasteiger partial charge on any atom is -0.494 e. The lowest BCUT2D eigenvalue weighted by atomic mass is 10.1. The van der Waals surface area contributed by atoms with Crippen LogP contribution in [-0.2, 0) is 0 Å². The summed E-state index contributed by atoms with van der Waals surface area (Å²) in [5.41, 5.74) is 1.28. The van der Waals surface area contributed by atoms with Gasteiger partial charge in [0, 0.05) is 18.7 Å². The number of hydrogen-bond acceptors (Lipinski definition) is 4. The predicted molar refractivity (Wildman–Crippen MR) is 91.2 cm³/mol. The van der Waals surface area contributed by atoms with E-state index >= 15 is 0 Å².